The summed E-state index contributed by atoms with van der Waals surface area (Å²) in [6, 6.07) is 14.5. The number of amides is 1. The van der Waals surface area contributed by atoms with Crippen molar-refractivity contribution in [1.29, 1.82) is 0 Å². The lowest BCUT2D eigenvalue weighted by atomic mass is 10.0. The van der Waals surface area contributed by atoms with Crippen molar-refractivity contribution in [2.24, 2.45) is 0 Å². The second kappa shape index (κ2) is 11.8. The Hall–Kier alpha value is -3.71. The van der Waals surface area contributed by atoms with E-state index >= 15 is 0 Å². The van der Waals surface area contributed by atoms with Crippen molar-refractivity contribution in [3.05, 3.63) is 89.5 Å². The molecule has 38 heavy (non-hydrogen) atoms. The van der Waals surface area contributed by atoms with Crippen LogP contribution in [0, 0.1) is 0 Å². The molecule has 0 spiro atoms. The van der Waals surface area contributed by atoms with Crippen LogP contribution in [0.1, 0.15) is 47.0 Å². The summed E-state index contributed by atoms with van der Waals surface area (Å²) in [5.74, 6) is 2.08. The SMILES string of the molecule is C=CC(=O)Nc1cccc(CCc2nc(Cc3ccc(N4CCN(C)CC4)cc3OC)ncc2C2CC2)c1. The summed E-state index contributed by atoms with van der Waals surface area (Å²) >= 11 is 0. The largest absolute Gasteiger partial charge is 0.496 e. The molecule has 0 bridgehead atoms. The summed E-state index contributed by atoms with van der Waals surface area (Å²) in [5.41, 5.74) is 6.66. The maximum atomic E-state index is 11.7. The number of aromatic nitrogens is 2. The minimum Gasteiger partial charge on any atom is -0.496 e. The first-order chi connectivity index (χ1) is 18.5. The van der Waals surface area contributed by atoms with Gasteiger partial charge in [0.15, 0.2) is 0 Å². The van der Waals surface area contributed by atoms with Crippen molar-refractivity contribution in [1.82, 2.24) is 14.9 Å². The van der Waals surface area contributed by atoms with Crippen LogP contribution in [0.5, 0.6) is 5.75 Å². The van der Waals surface area contributed by atoms with E-state index in [1.165, 1.54) is 30.2 Å². The predicted octanol–water partition coefficient (Wildman–Crippen LogP) is 4.61. The third kappa shape index (κ3) is 6.40. The lowest BCUT2D eigenvalue weighted by Crippen LogP contribution is -2.44. The molecule has 0 radical (unpaired) electrons. The van der Waals surface area contributed by atoms with E-state index in [2.05, 4.69) is 53.0 Å². The number of methoxy groups -OCH3 is 1. The fourth-order valence-corrected chi connectivity index (χ4v) is 5.06. The number of hydrogen-bond acceptors (Lipinski definition) is 6. The Kier molecular flexibility index (Phi) is 8.03. The van der Waals surface area contributed by atoms with Crippen molar-refractivity contribution in [2.45, 2.75) is 38.0 Å². The molecule has 0 unspecified atom stereocenters. The maximum absolute atomic E-state index is 11.7. The number of carbonyl (C=O) groups excluding carboxylic acids is 1. The summed E-state index contributed by atoms with van der Waals surface area (Å²) in [5, 5.41) is 2.84. The van der Waals surface area contributed by atoms with Crippen LogP contribution in [0.3, 0.4) is 0 Å². The number of carbonyl (C=O) groups is 1. The Labute approximate surface area is 225 Å². The molecule has 1 aliphatic carbocycles. The van der Waals surface area contributed by atoms with Crippen LogP contribution in [-0.2, 0) is 24.1 Å². The van der Waals surface area contributed by atoms with Crippen molar-refractivity contribution in [2.75, 3.05) is 50.6 Å². The smallest absolute Gasteiger partial charge is 0.247 e. The minimum atomic E-state index is -0.203. The highest BCUT2D eigenvalue weighted by atomic mass is 16.5. The number of piperazine rings is 1. The number of nitrogens with zero attached hydrogens (tertiary/aromatic N) is 4. The molecular formula is C31H37N5O2. The van der Waals surface area contributed by atoms with Gasteiger partial charge in [0.25, 0.3) is 0 Å². The Morgan fingerprint density at radius 2 is 1.95 bits per heavy atom. The van der Waals surface area contributed by atoms with Crippen LogP contribution in [-0.4, -0.2) is 61.1 Å². The van der Waals surface area contributed by atoms with Crippen molar-refractivity contribution < 1.29 is 9.53 Å². The number of anilines is 2. The Morgan fingerprint density at radius 1 is 1.13 bits per heavy atom. The number of nitrogens with one attached hydrogen (secondary N) is 1. The van der Waals surface area contributed by atoms with Crippen molar-refractivity contribution >= 4 is 17.3 Å². The Balaban J connectivity index is 1.31. The zero-order valence-corrected chi connectivity index (χ0v) is 22.4. The molecular weight excluding hydrogens is 474 g/mol. The molecule has 3 aromatic rings. The van der Waals surface area contributed by atoms with E-state index in [-0.39, 0.29) is 5.91 Å². The zero-order chi connectivity index (χ0) is 26.5. The van der Waals surface area contributed by atoms with E-state index < -0.39 is 0 Å². The van der Waals surface area contributed by atoms with Crippen LogP contribution in [0.4, 0.5) is 11.4 Å². The minimum absolute atomic E-state index is 0.203. The van der Waals surface area contributed by atoms with Crippen molar-refractivity contribution in [3.8, 4) is 5.75 Å². The number of likely N-dealkylation sites (N-methyl/N-ethyl adjacent to an activating group) is 1. The molecule has 1 aromatic heterocycles. The van der Waals surface area contributed by atoms with E-state index in [0.717, 1.165) is 73.1 Å². The quantitative estimate of drug-likeness (QED) is 0.401. The molecule has 1 amide bonds. The number of aryl methyl sites for hydroxylation is 2. The molecule has 1 aliphatic heterocycles. The molecule has 1 saturated heterocycles. The first-order valence-electron chi connectivity index (χ1n) is 13.5. The van der Waals surface area contributed by atoms with Gasteiger partial charge in [0, 0.05) is 67.5 Å². The molecule has 0 atom stereocenters. The summed E-state index contributed by atoms with van der Waals surface area (Å²) in [7, 11) is 3.91. The first-order valence-corrected chi connectivity index (χ1v) is 13.5. The monoisotopic (exact) mass is 511 g/mol. The zero-order valence-electron chi connectivity index (χ0n) is 22.4. The fourth-order valence-electron chi connectivity index (χ4n) is 5.06. The fraction of sp³-hybridized carbons (Fsp3) is 0.387. The molecule has 1 saturated carbocycles. The molecule has 2 aliphatic rings. The molecule has 7 nitrogen and oxygen atoms in total. The standard InChI is InChI=1S/C31H37N5O2/c1-4-31(37)33-25-7-5-6-22(18-25)8-13-28-27(23-9-10-23)21-32-30(34-28)19-24-11-12-26(20-29(24)38-3)36-16-14-35(2)15-17-36/h4-7,11-12,18,20-21,23H,1,8-10,13-17,19H2,2-3H3,(H,33,37). The second-order valence-corrected chi connectivity index (χ2v) is 10.3. The summed E-state index contributed by atoms with van der Waals surface area (Å²) in [6.45, 7) is 7.72. The van der Waals surface area contributed by atoms with Gasteiger partial charge in [0.2, 0.25) is 5.91 Å². The van der Waals surface area contributed by atoms with Crippen LogP contribution in [0.2, 0.25) is 0 Å². The van der Waals surface area contributed by atoms with Crippen LogP contribution in [0.25, 0.3) is 0 Å². The van der Waals surface area contributed by atoms with E-state index in [4.69, 9.17) is 14.7 Å². The van der Waals surface area contributed by atoms with Crippen LogP contribution >= 0.6 is 0 Å². The van der Waals surface area contributed by atoms with Crippen LogP contribution < -0.4 is 15.0 Å². The summed E-state index contributed by atoms with van der Waals surface area (Å²) in [4.78, 5) is 26.3. The van der Waals surface area contributed by atoms with Gasteiger partial charge in [-0.3, -0.25) is 4.79 Å². The number of hydrogen-bond donors (Lipinski definition) is 1. The highest BCUT2D eigenvalue weighted by Gasteiger charge is 2.27. The maximum Gasteiger partial charge on any atom is 0.247 e. The van der Waals surface area contributed by atoms with E-state index in [1.807, 2.05) is 24.4 Å². The number of ether oxygens (including phenoxy) is 1. The van der Waals surface area contributed by atoms with E-state index in [9.17, 15) is 4.79 Å². The molecule has 5 rings (SSSR count). The summed E-state index contributed by atoms with van der Waals surface area (Å²) < 4.78 is 5.80. The average Bonchev–Trinajstić information content (AvgIpc) is 3.78. The van der Waals surface area contributed by atoms with Gasteiger partial charge in [-0.2, -0.15) is 0 Å². The Morgan fingerprint density at radius 3 is 2.68 bits per heavy atom. The van der Waals surface area contributed by atoms with Gasteiger partial charge in [0.1, 0.15) is 11.6 Å². The van der Waals surface area contributed by atoms with Crippen LogP contribution in [0.15, 0.2) is 61.3 Å². The molecule has 2 heterocycles. The van der Waals surface area contributed by atoms with E-state index in [0.29, 0.717) is 12.3 Å². The molecule has 7 heteroatoms. The Bertz CT molecular complexity index is 1300. The first kappa shape index (κ1) is 25.9. The van der Waals surface area contributed by atoms with E-state index in [1.54, 1.807) is 7.11 Å². The second-order valence-electron chi connectivity index (χ2n) is 10.3. The van der Waals surface area contributed by atoms with Gasteiger partial charge in [-0.25, -0.2) is 9.97 Å². The van der Waals surface area contributed by atoms with Gasteiger partial charge in [-0.1, -0.05) is 24.8 Å². The number of rotatable bonds is 10. The molecule has 2 aromatic carbocycles. The highest BCUT2D eigenvalue weighted by molar-refractivity contribution is 5.98. The third-order valence-electron chi connectivity index (χ3n) is 7.49. The molecule has 198 valence electrons. The summed E-state index contributed by atoms with van der Waals surface area (Å²) in [6.07, 6.45) is 8.05. The molecule has 2 fully saturated rings. The third-order valence-corrected chi connectivity index (χ3v) is 7.49. The van der Waals surface area contributed by atoms with Gasteiger partial charge in [-0.15, -0.1) is 0 Å². The van der Waals surface area contributed by atoms with Gasteiger partial charge in [-0.05, 0) is 74.1 Å². The topological polar surface area (TPSA) is 70.6 Å². The average molecular weight is 512 g/mol. The van der Waals surface area contributed by atoms with Crippen molar-refractivity contribution in [3.63, 3.8) is 0 Å². The molecule has 1 N–H and O–H groups in total. The van der Waals surface area contributed by atoms with Gasteiger partial charge in [0.05, 0.1) is 7.11 Å². The lowest BCUT2D eigenvalue weighted by molar-refractivity contribution is -0.111. The predicted molar refractivity (Wildman–Crippen MR) is 152 cm³/mol. The van der Waals surface area contributed by atoms with Gasteiger partial charge < -0.3 is 19.9 Å². The highest BCUT2D eigenvalue weighted by Crippen LogP contribution is 2.41. The lowest BCUT2D eigenvalue weighted by Gasteiger charge is -2.34. The van der Waals surface area contributed by atoms with Gasteiger partial charge >= 0.3 is 0 Å². The number of benzene rings is 2. The normalized spacial score (nSPS) is 15.8.